The molecule has 0 aromatic heterocycles. The van der Waals surface area contributed by atoms with Gasteiger partial charge in [-0.2, -0.15) is 0 Å². The second kappa shape index (κ2) is 5.66. The smallest absolute Gasteiger partial charge is 0.303 e. The van der Waals surface area contributed by atoms with Gasteiger partial charge in [-0.3, -0.25) is 4.79 Å². The maximum absolute atomic E-state index is 10.8. The summed E-state index contributed by atoms with van der Waals surface area (Å²) in [6.45, 7) is 3.96. The highest BCUT2D eigenvalue weighted by atomic mass is 16.5. The molecule has 1 aliphatic heterocycles. The van der Waals surface area contributed by atoms with Crippen LogP contribution in [-0.4, -0.2) is 24.8 Å². The highest BCUT2D eigenvalue weighted by molar-refractivity contribution is 5.66. The molecule has 0 spiro atoms. The van der Waals surface area contributed by atoms with Crippen molar-refractivity contribution in [2.75, 3.05) is 6.61 Å². The van der Waals surface area contributed by atoms with E-state index in [4.69, 9.17) is 9.47 Å². The molecule has 3 heteroatoms. The van der Waals surface area contributed by atoms with Gasteiger partial charge in [-0.15, -0.1) is 5.92 Å². The molecule has 1 fully saturated rings. The first kappa shape index (κ1) is 11.1. The Hall–Kier alpha value is -1.01. The minimum absolute atomic E-state index is 0.209. The molecule has 2 unspecified atom stereocenters. The van der Waals surface area contributed by atoms with Crippen molar-refractivity contribution in [2.45, 2.75) is 45.3 Å². The zero-order chi connectivity index (χ0) is 10.4. The summed E-state index contributed by atoms with van der Waals surface area (Å²) in [6.07, 6.45) is 2.74. The lowest BCUT2D eigenvalue weighted by molar-refractivity contribution is -0.144. The molecule has 1 aliphatic rings. The Morgan fingerprint density at radius 1 is 1.71 bits per heavy atom. The number of hydrogen-bond acceptors (Lipinski definition) is 3. The molecule has 0 aliphatic carbocycles. The van der Waals surface area contributed by atoms with Crippen LogP contribution in [0.15, 0.2) is 0 Å². The molecule has 14 heavy (non-hydrogen) atoms. The van der Waals surface area contributed by atoms with Crippen molar-refractivity contribution in [3.8, 4) is 11.8 Å². The molecule has 0 bridgehead atoms. The van der Waals surface area contributed by atoms with E-state index in [1.165, 1.54) is 6.92 Å². The molecule has 0 N–H and O–H groups in total. The molecular formula is C11H16O3. The zero-order valence-electron chi connectivity index (χ0n) is 8.71. The molecule has 0 saturated carbocycles. The van der Waals surface area contributed by atoms with Crippen molar-refractivity contribution in [1.82, 2.24) is 0 Å². The van der Waals surface area contributed by atoms with Gasteiger partial charge >= 0.3 is 5.97 Å². The number of esters is 1. The first-order chi connectivity index (χ1) is 6.72. The van der Waals surface area contributed by atoms with Gasteiger partial charge in [0.2, 0.25) is 0 Å². The second-order valence-corrected chi connectivity index (χ2v) is 3.36. The first-order valence-corrected chi connectivity index (χ1v) is 4.93. The van der Waals surface area contributed by atoms with E-state index in [1.54, 1.807) is 6.92 Å². The normalized spacial score (nSPS) is 22.3. The van der Waals surface area contributed by atoms with Gasteiger partial charge in [0.25, 0.3) is 0 Å². The van der Waals surface area contributed by atoms with E-state index in [9.17, 15) is 4.79 Å². The van der Waals surface area contributed by atoms with E-state index in [1.807, 2.05) is 0 Å². The number of carbonyl (C=O) groups is 1. The van der Waals surface area contributed by atoms with Crippen LogP contribution in [0.25, 0.3) is 0 Å². The molecule has 1 heterocycles. The molecule has 0 amide bonds. The van der Waals surface area contributed by atoms with Gasteiger partial charge in [-0.25, -0.2) is 0 Å². The van der Waals surface area contributed by atoms with Crippen LogP contribution in [0, 0.1) is 11.8 Å². The molecule has 0 aromatic rings. The molecular weight excluding hydrogens is 180 g/mol. The summed E-state index contributed by atoms with van der Waals surface area (Å²) in [4.78, 5) is 10.8. The zero-order valence-corrected chi connectivity index (χ0v) is 8.71. The lowest BCUT2D eigenvalue weighted by Gasteiger charge is -2.15. The summed E-state index contributed by atoms with van der Waals surface area (Å²) in [5, 5.41) is 0. The highest BCUT2D eigenvalue weighted by Crippen LogP contribution is 2.18. The maximum atomic E-state index is 10.8. The average Bonchev–Trinajstić information content (AvgIpc) is 2.56. The highest BCUT2D eigenvalue weighted by Gasteiger charge is 2.21. The van der Waals surface area contributed by atoms with E-state index in [2.05, 4.69) is 11.8 Å². The fourth-order valence-corrected chi connectivity index (χ4v) is 1.57. The minimum Gasteiger partial charge on any atom is -0.449 e. The quantitative estimate of drug-likeness (QED) is 0.507. The van der Waals surface area contributed by atoms with Crippen molar-refractivity contribution in [1.29, 1.82) is 0 Å². The fraction of sp³-hybridized carbons (Fsp3) is 0.727. The topological polar surface area (TPSA) is 35.5 Å². The Morgan fingerprint density at radius 2 is 2.50 bits per heavy atom. The van der Waals surface area contributed by atoms with Crippen LogP contribution in [0.4, 0.5) is 0 Å². The summed E-state index contributed by atoms with van der Waals surface area (Å²) in [6, 6.07) is 0. The van der Waals surface area contributed by atoms with E-state index in [-0.39, 0.29) is 18.2 Å². The van der Waals surface area contributed by atoms with Gasteiger partial charge in [-0.1, -0.05) is 5.92 Å². The van der Waals surface area contributed by atoms with Crippen molar-refractivity contribution >= 4 is 5.97 Å². The van der Waals surface area contributed by atoms with Crippen molar-refractivity contribution in [3.05, 3.63) is 0 Å². The Kier molecular flexibility index (Phi) is 4.48. The number of carbonyl (C=O) groups excluding carboxylic acids is 1. The Morgan fingerprint density at radius 3 is 3.00 bits per heavy atom. The van der Waals surface area contributed by atoms with Gasteiger partial charge in [0.05, 0.1) is 6.10 Å². The molecule has 3 nitrogen and oxygen atoms in total. The van der Waals surface area contributed by atoms with Gasteiger partial charge in [0, 0.05) is 20.0 Å². The minimum atomic E-state index is -0.305. The van der Waals surface area contributed by atoms with Crippen LogP contribution in [0.3, 0.4) is 0 Å². The predicted octanol–water partition coefficient (Wildman–Crippen LogP) is 1.51. The Labute approximate surface area is 84.8 Å². The summed E-state index contributed by atoms with van der Waals surface area (Å²) in [5.74, 6) is 5.35. The van der Waals surface area contributed by atoms with Crippen LogP contribution in [-0.2, 0) is 14.3 Å². The molecule has 0 aromatic carbocycles. The second-order valence-electron chi connectivity index (χ2n) is 3.36. The van der Waals surface area contributed by atoms with Crippen molar-refractivity contribution in [3.63, 3.8) is 0 Å². The average molecular weight is 196 g/mol. The number of hydrogen-bond donors (Lipinski definition) is 0. The molecule has 1 rings (SSSR count). The van der Waals surface area contributed by atoms with Gasteiger partial charge in [-0.05, 0) is 19.8 Å². The van der Waals surface area contributed by atoms with E-state index < -0.39 is 0 Å². The van der Waals surface area contributed by atoms with Crippen LogP contribution >= 0.6 is 0 Å². The third kappa shape index (κ3) is 3.80. The molecule has 2 atom stereocenters. The maximum Gasteiger partial charge on any atom is 0.303 e. The first-order valence-electron chi connectivity index (χ1n) is 4.93. The van der Waals surface area contributed by atoms with Crippen LogP contribution in [0.1, 0.15) is 33.1 Å². The Bertz CT molecular complexity index is 243. The van der Waals surface area contributed by atoms with Gasteiger partial charge in [0.1, 0.15) is 0 Å². The van der Waals surface area contributed by atoms with E-state index >= 15 is 0 Å². The summed E-state index contributed by atoms with van der Waals surface area (Å²) in [5.41, 5.74) is 0. The van der Waals surface area contributed by atoms with Crippen LogP contribution in [0.5, 0.6) is 0 Å². The van der Waals surface area contributed by atoms with Crippen LogP contribution < -0.4 is 0 Å². The van der Waals surface area contributed by atoms with Gasteiger partial charge < -0.3 is 9.47 Å². The fourth-order valence-electron chi connectivity index (χ4n) is 1.57. The molecule has 1 saturated heterocycles. The third-order valence-corrected chi connectivity index (χ3v) is 2.11. The van der Waals surface area contributed by atoms with E-state index in [0.29, 0.717) is 6.42 Å². The predicted molar refractivity (Wildman–Crippen MR) is 52.6 cm³/mol. The number of rotatable bonds is 3. The third-order valence-electron chi connectivity index (χ3n) is 2.11. The lowest BCUT2D eigenvalue weighted by Crippen LogP contribution is -2.21. The van der Waals surface area contributed by atoms with E-state index in [0.717, 1.165) is 19.4 Å². The standard InChI is InChI=1S/C11H16O3/c1-3-5-11(14-9(2)12)8-10-6-4-7-13-10/h10-11H,4,6-8H2,1-2H3. The largest absolute Gasteiger partial charge is 0.449 e. The number of ether oxygens (including phenoxy) is 2. The summed E-state index contributed by atoms with van der Waals surface area (Å²) < 4.78 is 10.5. The van der Waals surface area contributed by atoms with Gasteiger partial charge in [0.15, 0.2) is 6.10 Å². The van der Waals surface area contributed by atoms with Crippen molar-refractivity contribution < 1.29 is 14.3 Å². The van der Waals surface area contributed by atoms with Crippen molar-refractivity contribution in [2.24, 2.45) is 0 Å². The summed E-state index contributed by atoms with van der Waals surface area (Å²) >= 11 is 0. The summed E-state index contributed by atoms with van der Waals surface area (Å²) in [7, 11) is 0. The lowest BCUT2D eigenvalue weighted by atomic mass is 10.1. The Balaban J connectivity index is 2.40. The SMILES string of the molecule is CC#CC(CC1CCCO1)OC(C)=O. The molecule has 78 valence electrons. The van der Waals surface area contributed by atoms with Crippen LogP contribution in [0.2, 0.25) is 0 Å². The monoisotopic (exact) mass is 196 g/mol. The molecule has 0 radical (unpaired) electrons.